The minimum Gasteiger partial charge on any atom is -0.396 e. The molecule has 1 aliphatic heterocycles. The smallest absolute Gasteiger partial charge is 0.263 e. The van der Waals surface area contributed by atoms with E-state index in [1.54, 1.807) is 11.8 Å². The van der Waals surface area contributed by atoms with Gasteiger partial charge >= 0.3 is 0 Å². The fraction of sp³-hybridized carbons (Fsp3) is 0.643. The topological polar surface area (TPSA) is 58.4 Å². The van der Waals surface area contributed by atoms with E-state index in [9.17, 15) is 4.79 Å². The first-order chi connectivity index (χ1) is 9.62. The Morgan fingerprint density at radius 2 is 2.30 bits per heavy atom. The first-order valence-corrected chi connectivity index (χ1v) is 9.15. The summed E-state index contributed by atoms with van der Waals surface area (Å²) < 4.78 is 0. The lowest BCUT2D eigenvalue weighted by atomic mass is 10.1. The predicted octanol–water partition coefficient (Wildman–Crippen LogP) is 3.04. The Morgan fingerprint density at radius 3 is 2.85 bits per heavy atom. The second kappa shape index (κ2) is 6.72. The summed E-state index contributed by atoms with van der Waals surface area (Å²) in [6.45, 7) is 6.94. The van der Waals surface area contributed by atoms with Gasteiger partial charge in [-0.05, 0) is 25.5 Å². The molecule has 1 amide bonds. The van der Waals surface area contributed by atoms with Crippen LogP contribution in [0.15, 0.2) is 4.90 Å². The lowest BCUT2D eigenvalue weighted by molar-refractivity contribution is 0.0960. The molecular weight excluding hydrogens is 290 g/mol. The Hall–Kier alpha value is -0.880. The summed E-state index contributed by atoms with van der Waals surface area (Å²) >= 11 is 3.17. The number of rotatable bonds is 5. The molecule has 1 atom stereocenters. The molecule has 1 saturated heterocycles. The van der Waals surface area contributed by atoms with Crippen LogP contribution in [-0.2, 0) is 0 Å². The lowest BCUT2D eigenvalue weighted by Gasteiger charge is -2.17. The summed E-state index contributed by atoms with van der Waals surface area (Å²) in [6, 6.07) is 0. The Kier molecular flexibility index (Phi) is 5.21. The first-order valence-electron chi connectivity index (χ1n) is 7.11. The maximum Gasteiger partial charge on any atom is 0.263 e. The maximum absolute atomic E-state index is 12.1. The molecule has 2 rings (SSSR count). The average Bonchev–Trinajstić information content (AvgIpc) is 3.02. The van der Waals surface area contributed by atoms with E-state index in [4.69, 9.17) is 5.73 Å². The normalized spacial score (nSPS) is 18.6. The highest BCUT2D eigenvalue weighted by Gasteiger charge is 2.28. The number of nitrogens with two attached hydrogens (primary N) is 1. The number of nitrogen functional groups attached to an aromatic ring is 1. The van der Waals surface area contributed by atoms with E-state index in [1.165, 1.54) is 29.2 Å². The van der Waals surface area contributed by atoms with Crippen molar-refractivity contribution in [2.75, 3.05) is 36.5 Å². The van der Waals surface area contributed by atoms with Crippen LogP contribution in [-0.4, -0.2) is 31.8 Å². The van der Waals surface area contributed by atoms with Gasteiger partial charge in [-0.15, -0.1) is 23.1 Å². The molecule has 1 aromatic rings. The Balaban J connectivity index is 2.29. The van der Waals surface area contributed by atoms with E-state index in [0.29, 0.717) is 17.1 Å². The fourth-order valence-corrected chi connectivity index (χ4v) is 4.71. The van der Waals surface area contributed by atoms with Crippen molar-refractivity contribution in [2.24, 2.45) is 5.92 Å². The molecule has 0 spiro atoms. The van der Waals surface area contributed by atoms with Crippen LogP contribution >= 0.6 is 23.1 Å². The summed E-state index contributed by atoms with van der Waals surface area (Å²) in [5.74, 6) is 0.712. The zero-order valence-electron chi connectivity index (χ0n) is 12.4. The molecule has 0 aliphatic carbocycles. The highest BCUT2D eigenvalue weighted by molar-refractivity contribution is 7.99. The van der Waals surface area contributed by atoms with Crippen LogP contribution in [0.4, 0.5) is 10.7 Å². The van der Waals surface area contributed by atoms with E-state index < -0.39 is 0 Å². The average molecular weight is 313 g/mol. The molecule has 112 valence electrons. The molecule has 3 N–H and O–H groups in total. The van der Waals surface area contributed by atoms with E-state index in [1.807, 2.05) is 13.2 Å². The van der Waals surface area contributed by atoms with Crippen LogP contribution in [0, 0.1) is 5.92 Å². The molecule has 0 bridgehead atoms. The minimum atomic E-state index is -0.0530. The standard InChI is InChI=1S/C14H23N3OS2/c1-4-9-6-7-17(8-9)14-12(19-3)10(15)11(20-14)13(18)16-5-2/h9H,4-8,15H2,1-3H3,(H,16,18). The minimum absolute atomic E-state index is 0.0530. The van der Waals surface area contributed by atoms with Gasteiger partial charge in [0, 0.05) is 19.6 Å². The molecule has 1 fully saturated rings. The molecule has 1 aromatic heterocycles. The van der Waals surface area contributed by atoms with Gasteiger partial charge in [0.25, 0.3) is 5.91 Å². The summed E-state index contributed by atoms with van der Waals surface area (Å²) in [6.07, 6.45) is 4.48. The van der Waals surface area contributed by atoms with Crippen molar-refractivity contribution in [1.29, 1.82) is 0 Å². The van der Waals surface area contributed by atoms with Crippen molar-refractivity contribution < 1.29 is 4.79 Å². The Morgan fingerprint density at radius 1 is 1.55 bits per heavy atom. The van der Waals surface area contributed by atoms with Gasteiger partial charge in [-0.2, -0.15) is 0 Å². The van der Waals surface area contributed by atoms with Gasteiger partial charge in [0.2, 0.25) is 0 Å². The van der Waals surface area contributed by atoms with Crippen molar-refractivity contribution in [3.05, 3.63) is 4.88 Å². The summed E-state index contributed by atoms with van der Waals surface area (Å²) in [5.41, 5.74) is 6.82. The number of nitrogens with one attached hydrogen (secondary N) is 1. The van der Waals surface area contributed by atoms with Crippen LogP contribution in [0.3, 0.4) is 0 Å². The van der Waals surface area contributed by atoms with E-state index >= 15 is 0 Å². The molecule has 0 aromatic carbocycles. The SMILES string of the molecule is CCNC(=O)c1sc(N2CCC(CC)C2)c(SC)c1N. The fourth-order valence-electron chi connectivity index (χ4n) is 2.58. The van der Waals surface area contributed by atoms with Gasteiger partial charge < -0.3 is 16.0 Å². The molecule has 0 saturated carbocycles. The second-order valence-electron chi connectivity index (χ2n) is 5.05. The van der Waals surface area contributed by atoms with Crippen LogP contribution in [0.25, 0.3) is 0 Å². The molecule has 20 heavy (non-hydrogen) atoms. The number of amides is 1. The van der Waals surface area contributed by atoms with Crippen LogP contribution in [0.2, 0.25) is 0 Å². The summed E-state index contributed by atoms with van der Waals surface area (Å²) in [7, 11) is 0. The number of thioether (sulfide) groups is 1. The molecule has 6 heteroatoms. The van der Waals surface area contributed by atoms with E-state index in [-0.39, 0.29) is 5.91 Å². The van der Waals surface area contributed by atoms with Crippen molar-refractivity contribution in [3.8, 4) is 0 Å². The quantitative estimate of drug-likeness (QED) is 0.820. The maximum atomic E-state index is 12.1. The van der Waals surface area contributed by atoms with Crippen molar-refractivity contribution in [2.45, 2.75) is 31.6 Å². The van der Waals surface area contributed by atoms with Crippen molar-refractivity contribution in [3.63, 3.8) is 0 Å². The number of nitrogens with zero attached hydrogens (tertiary/aromatic N) is 1. The zero-order chi connectivity index (χ0) is 14.7. The van der Waals surface area contributed by atoms with E-state index in [0.717, 1.165) is 23.9 Å². The van der Waals surface area contributed by atoms with Gasteiger partial charge in [0.1, 0.15) is 9.88 Å². The lowest BCUT2D eigenvalue weighted by Crippen LogP contribution is -2.22. The van der Waals surface area contributed by atoms with Crippen molar-refractivity contribution >= 4 is 39.7 Å². The van der Waals surface area contributed by atoms with Gasteiger partial charge in [0.15, 0.2) is 0 Å². The Bertz CT molecular complexity index is 487. The largest absolute Gasteiger partial charge is 0.396 e. The number of thiophene rings is 1. The molecule has 2 heterocycles. The number of carbonyl (C=O) groups excluding carboxylic acids is 1. The third kappa shape index (κ3) is 2.91. The van der Waals surface area contributed by atoms with Crippen LogP contribution < -0.4 is 16.0 Å². The van der Waals surface area contributed by atoms with Gasteiger partial charge in [-0.3, -0.25) is 4.79 Å². The highest BCUT2D eigenvalue weighted by Crippen LogP contribution is 2.45. The third-order valence-corrected chi connectivity index (χ3v) is 6.00. The number of carbonyl (C=O) groups is 1. The number of anilines is 2. The molecule has 0 radical (unpaired) electrons. The molecule has 4 nitrogen and oxygen atoms in total. The monoisotopic (exact) mass is 313 g/mol. The second-order valence-corrected chi connectivity index (χ2v) is 6.87. The van der Waals surface area contributed by atoms with Gasteiger partial charge in [-0.25, -0.2) is 0 Å². The first kappa shape index (κ1) is 15.5. The predicted molar refractivity (Wildman–Crippen MR) is 89.1 cm³/mol. The van der Waals surface area contributed by atoms with Gasteiger partial charge in [-0.1, -0.05) is 13.3 Å². The van der Waals surface area contributed by atoms with Crippen LogP contribution in [0.5, 0.6) is 0 Å². The summed E-state index contributed by atoms with van der Waals surface area (Å²) in [4.78, 5) is 16.2. The van der Waals surface area contributed by atoms with Gasteiger partial charge in [0.05, 0.1) is 10.6 Å². The highest BCUT2D eigenvalue weighted by atomic mass is 32.2. The molecule has 1 aliphatic rings. The molecule has 1 unspecified atom stereocenters. The number of hydrogen-bond donors (Lipinski definition) is 2. The van der Waals surface area contributed by atoms with E-state index in [2.05, 4.69) is 17.1 Å². The molecular formula is C14H23N3OS2. The summed E-state index contributed by atoms with van der Waals surface area (Å²) in [5, 5.41) is 4.01. The Labute approximate surface area is 129 Å². The zero-order valence-corrected chi connectivity index (χ0v) is 14.0. The van der Waals surface area contributed by atoms with Crippen LogP contribution in [0.1, 0.15) is 36.4 Å². The third-order valence-electron chi connectivity index (χ3n) is 3.78. The van der Waals surface area contributed by atoms with Crippen molar-refractivity contribution in [1.82, 2.24) is 5.32 Å². The number of hydrogen-bond acceptors (Lipinski definition) is 5.